The molecule has 0 radical (unpaired) electrons. The molecule has 114 valence electrons. The number of amides is 1. The van der Waals surface area contributed by atoms with E-state index >= 15 is 0 Å². The molecule has 1 aromatic heterocycles. The number of benzene rings is 1. The van der Waals surface area contributed by atoms with E-state index in [1.54, 1.807) is 0 Å². The number of pyridine rings is 1. The van der Waals surface area contributed by atoms with Gasteiger partial charge < -0.3 is 5.32 Å². The Morgan fingerprint density at radius 2 is 2.05 bits per heavy atom. The van der Waals surface area contributed by atoms with Crippen molar-refractivity contribution in [2.24, 2.45) is 0 Å². The van der Waals surface area contributed by atoms with E-state index in [-0.39, 0.29) is 11.9 Å². The Hall–Kier alpha value is -2.20. The second-order valence-corrected chi connectivity index (χ2v) is 5.77. The maximum atomic E-state index is 12.5. The van der Waals surface area contributed by atoms with Crippen LogP contribution in [0.25, 0.3) is 0 Å². The van der Waals surface area contributed by atoms with Crippen LogP contribution in [0.15, 0.2) is 48.5 Å². The number of aryl methyl sites for hydroxylation is 1. The van der Waals surface area contributed by atoms with E-state index in [9.17, 15) is 4.79 Å². The zero-order chi connectivity index (χ0) is 15.4. The van der Waals surface area contributed by atoms with Gasteiger partial charge in [-0.15, -0.1) is 0 Å². The number of nitrogens with one attached hydrogen (secondary N) is 1. The summed E-state index contributed by atoms with van der Waals surface area (Å²) < 4.78 is 0. The molecule has 4 heteroatoms. The molecule has 4 nitrogen and oxygen atoms in total. The van der Waals surface area contributed by atoms with Crippen LogP contribution in [0.3, 0.4) is 0 Å². The van der Waals surface area contributed by atoms with Crippen molar-refractivity contribution >= 4 is 11.7 Å². The molecule has 0 spiro atoms. The number of hydrogen-bond acceptors (Lipinski definition) is 3. The van der Waals surface area contributed by atoms with Gasteiger partial charge in [0.15, 0.2) is 0 Å². The third-order valence-electron chi connectivity index (χ3n) is 4.03. The normalized spacial score (nSPS) is 18.3. The van der Waals surface area contributed by atoms with Gasteiger partial charge in [-0.3, -0.25) is 9.69 Å². The van der Waals surface area contributed by atoms with Crippen LogP contribution in [0.4, 0.5) is 5.82 Å². The van der Waals surface area contributed by atoms with Crippen molar-refractivity contribution in [3.8, 4) is 0 Å². The number of carbonyl (C=O) groups excluding carboxylic acids is 1. The smallest absolute Gasteiger partial charge is 0.242 e. The van der Waals surface area contributed by atoms with Crippen molar-refractivity contribution in [2.75, 3.05) is 11.9 Å². The fourth-order valence-electron chi connectivity index (χ4n) is 2.95. The number of likely N-dealkylation sites (tertiary alicyclic amines) is 1. The SMILES string of the molecule is Cc1cccc(NC(=O)C2CCCN2Cc2ccccc2)n1. The first-order valence-corrected chi connectivity index (χ1v) is 7.75. The van der Waals surface area contributed by atoms with Gasteiger partial charge in [0.1, 0.15) is 5.82 Å². The molecular weight excluding hydrogens is 274 g/mol. The highest BCUT2D eigenvalue weighted by atomic mass is 16.2. The number of aromatic nitrogens is 1. The third-order valence-corrected chi connectivity index (χ3v) is 4.03. The highest BCUT2D eigenvalue weighted by molar-refractivity contribution is 5.94. The van der Waals surface area contributed by atoms with Gasteiger partial charge in [0.2, 0.25) is 5.91 Å². The minimum absolute atomic E-state index is 0.0477. The zero-order valence-electron chi connectivity index (χ0n) is 12.8. The summed E-state index contributed by atoms with van der Waals surface area (Å²) in [5.41, 5.74) is 2.15. The minimum atomic E-state index is -0.0671. The monoisotopic (exact) mass is 295 g/mol. The predicted octanol–water partition coefficient (Wildman–Crippen LogP) is 2.99. The minimum Gasteiger partial charge on any atom is -0.309 e. The first kappa shape index (κ1) is 14.7. The largest absolute Gasteiger partial charge is 0.309 e. The van der Waals surface area contributed by atoms with Crippen LogP contribution >= 0.6 is 0 Å². The van der Waals surface area contributed by atoms with E-state index in [0.29, 0.717) is 5.82 Å². The topological polar surface area (TPSA) is 45.2 Å². The summed E-state index contributed by atoms with van der Waals surface area (Å²) in [5, 5.41) is 2.95. The Labute approximate surface area is 131 Å². The quantitative estimate of drug-likeness (QED) is 0.943. The van der Waals surface area contributed by atoms with Crippen molar-refractivity contribution in [3.63, 3.8) is 0 Å². The molecule has 0 aliphatic carbocycles. The van der Waals surface area contributed by atoms with Gasteiger partial charge in [-0.1, -0.05) is 36.4 Å². The van der Waals surface area contributed by atoms with E-state index < -0.39 is 0 Å². The van der Waals surface area contributed by atoms with E-state index in [0.717, 1.165) is 31.6 Å². The van der Waals surface area contributed by atoms with Gasteiger partial charge in [0, 0.05) is 12.2 Å². The molecule has 2 aromatic rings. The van der Waals surface area contributed by atoms with Crippen LogP contribution in [-0.4, -0.2) is 28.4 Å². The molecule has 1 N–H and O–H groups in total. The zero-order valence-corrected chi connectivity index (χ0v) is 12.8. The van der Waals surface area contributed by atoms with Crippen LogP contribution < -0.4 is 5.32 Å². The highest BCUT2D eigenvalue weighted by Crippen LogP contribution is 2.21. The molecule has 22 heavy (non-hydrogen) atoms. The summed E-state index contributed by atoms with van der Waals surface area (Å²) in [7, 11) is 0. The number of carbonyl (C=O) groups is 1. The lowest BCUT2D eigenvalue weighted by Gasteiger charge is -2.23. The van der Waals surface area contributed by atoms with Crippen LogP contribution in [0.1, 0.15) is 24.1 Å². The van der Waals surface area contributed by atoms with Crippen molar-refractivity contribution in [1.82, 2.24) is 9.88 Å². The molecule has 1 fully saturated rings. The Kier molecular flexibility index (Phi) is 4.49. The Bertz CT molecular complexity index is 642. The molecule has 1 amide bonds. The van der Waals surface area contributed by atoms with E-state index in [2.05, 4.69) is 27.3 Å². The standard InChI is InChI=1S/C18H21N3O/c1-14-7-5-11-17(19-14)20-18(22)16-10-6-12-21(16)13-15-8-3-2-4-9-15/h2-5,7-9,11,16H,6,10,12-13H2,1H3,(H,19,20,22). The molecule has 1 aromatic carbocycles. The number of hydrogen-bond donors (Lipinski definition) is 1. The lowest BCUT2D eigenvalue weighted by Crippen LogP contribution is -2.39. The van der Waals surface area contributed by atoms with Crippen molar-refractivity contribution < 1.29 is 4.79 Å². The fourth-order valence-corrected chi connectivity index (χ4v) is 2.95. The fraction of sp³-hybridized carbons (Fsp3) is 0.333. The maximum Gasteiger partial charge on any atom is 0.242 e. The second-order valence-electron chi connectivity index (χ2n) is 5.77. The second kappa shape index (κ2) is 6.71. The molecule has 1 unspecified atom stereocenters. The van der Waals surface area contributed by atoms with E-state index in [4.69, 9.17) is 0 Å². The lowest BCUT2D eigenvalue weighted by molar-refractivity contribution is -0.120. The van der Waals surface area contributed by atoms with Crippen LogP contribution in [0.5, 0.6) is 0 Å². The molecule has 1 atom stereocenters. The van der Waals surface area contributed by atoms with Gasteiger partial charge >= 0.3 is 0 Å². The molecule has 1 saturated heterocycles. The van der Waals surface area contributed by atoms with Crippen LogP contribution in [0, 0.1) is 6.92 Å². The van der Waals surface area contributed by atoms with Gasteiger partial charge in [0.25, 0.3) is 0 Å². The first-order valence-electron chi connectivity index (χ1n) is 7.75. The van der Waals surface area contributed by atoms with Crippen molar-refractivity contribution in [3.05, 3.63) is 59.8 Å². The molecule has 1 aliphatic heterocycles. The summed E-state index contributed by atoms with van der Waals surface area (Å²) in [6.45, 7) is 3.71. The van der Waals surface area contributed by atoms with Gasteiger partial charge in [-0.05, 0) is 44.0 Å². The summed E-state index contributed by atoms with van der Waals surface area (Å²) >= 11 is 0. The Balaban J connectivity index is 1.66. The first-order chi connectivity index (χ1) is 10.7. The molecular formula is C18H21N3O. The number of rotatable bonds is 4. The molecule has 1 aliphatic rings. The summed E-state index contributed by atoms with van der Waals surface area (Å²) in [6.07, 6.45) is 1.97. The van der Waals surface area contributed by atoms with Crippen LogP contribution in [-0.2, 0) is 11.3 Å². The summed E-state index contributed by atoms with van der Waals surface area (Å²) in [4.78, 5) is 19.1. The summed E-state index contributed by atoms with van der Waals surface area (Å²) in [6, 6.07) is 15.9. The van der Waals surface area contributed by atoms with Crippen molar-refractivity contribution in [2.45, 2.75) is 32.4 Å². The Morgan fingerprint density at radius 3 is 2.82 bits per heavy atom. The molecule has 0 saturated carbocycles. The Morgan fingerprint density at radius 1 is 1.23 bits per heavy atom. The number of nitrogens with zero attached hydrogens (tertiary/aromatic N) is 2. The predicted molar refractivity (Wildman–Crippen MR) is 87.5 cm³/mol. The van der Waals surface area contributed by atoms with Crippen LogP contribution in [0.2, 0.25) is 0 Å². The third kappa shape index (κ3) is 3.52. The summed E-state index contributed by atoms with van der Waals surface area (Å²) in [5.74, 6) is 0.683. The van der Waals surface area contributed by atoms with E-state index in [1.165, 1.54) is 5.56 Å². The average molecular weight is 295 g/mol. The van der Waals surface area contributed by atoms with Gasteiger partial charge in [-0.2, -0.15) is 0 Å². The molecule has 0 bridgehead atoms. The van der Waals surface area contributed by atoms with Gasteiger partial charge in [-0.25, -0.2) is 4.98 Å². The highest BCUT2D eigenvalue weighted by Gasteiger charge is 2.30. The lowest BCUT2D eigenvalue weighted by atomic mass is 10.1. The van der Waals surface area contributed by atoms with Crippen molar-refractivity contribution in [1.29, 1.82) is 0 Å². The maximum absolute atomic E-state index is 12.5. The average Bonchev–Trinajstić information content (AvgIpc) is 2.96. The molecule has 2 heterocycles. The number of anilines is 1. The van der Waals surface area contributed by atoms with E-state index in [1.807, 2.05) is 43.3 Å². The molecule has 3 rings (SSSR count). The van der Waals surface area contributed by atoms with Gasteiger partial charge in [0.05, 0.1) is 6.04 Å².